The van der Waals surface area contributed by atoms with E-state index in [4.69, 9.17) is 4.74 Å². The zero-order chi connectivity index (χ0) is 13.3. The molecule has 0 spiro atoms. The van der Waals surface area contributed by atoms with Gasteiger partial charge in [0.25, 0.3) is 0 Å². The standard InChI is InChI=1S/C14H27NO3/c1-2-18-10-6-7-13(17)15-11-14(12-16)8-4-3-5-9-14/h16H,2-12H2,1H3,(H,15,17). The van der Waals surface area contributed by atoms with Gasteiger partial charge in [-0.25, -0.2) is 0 Å². The van der Waals surface area contributed by atoms with Crippen molar-refractivity contribution in [3.05, 3.63) is 0 Å². The van der Waals surface area contributed by atoms with Crippen LogP contribution in [0.15, 0.2) is 0 Å². The van der Waals surface area contributed by atoms with Crippen molar-refractivity contribution in [3.8, 4) is 0 Å². The van der Waals surface area contributed by atoms with Crippen molar-refractivity contribution >= 4 is 5.91 Å². The minimum atomic E-state index is -0.0617. The maximum atomic E-state index is 11.7. The molecular formula is C14H27NO3. The van der Waals surface area contributed by atoms with Gasteiger partial charge in [0.2, 0.25) is 5.91 Å². The van der Waals surface area contributed by atoms with Gasteiger partial charge >= 0.3 is 0 Å². The lowest BCUT2D eigenvalue weighted by atomic mass is 9.74. The molecule has 1 aliphatic rings. The predicted molar refractivity (Wildman–Crippen MR) is 71.3 cm³/mol. The molecule has 0 aromatic carbocycles. The van der Waals surface area contributed by atoms with Crippen molar-refractivity contribution in [2.75, 3.05) is 26.4 Å². The molecular weight excluding hydrogens is 230 g/mol. The first-order valence-electron chi connectivity index (χ1n) is 7.18. The first-order valence-corrected chi connectivity index (χ1v) is 7.18. The lowest BCUT2D eigenvalue weighted by molar-refractivity contribution is -0.122. The maximum Gasteiger partial charge on any atom is 0.220 e. The van der Waals surface area contributed by atoms with Crippen LogP contribution in [-0.4, -0.2) is 37.4 Å². The minimum absolute atomic E-state index is 0.0617. The van der Waals surface area contributed by atoms with Gasteiger partial charge in [0.15, 0.2) is 0 Å². The molecule has 0 heterocycles. The molecule has 1 fully saturated rings. The summed E-state index contributed by atoms with van der Waals surface area (Å²) in [6.07, 6.45) is 6.93. The van der Waals surface area contributed by atoms with Gasteiger partial charge in [-0.2, -0.15) is 0 Å². The van der Waals surface area contributed by atoms with Crippen molar-refractivity contribution < 1.29 is 14.6 Å². The second-order valence-corrected chi connectivity index (χ2v) is 5.30. The number of aliphatic hydroxyl groups excluding tert-OH is 1. The fourth-order valence-corrected chi connectivity index (χ4v) is 2.55. The second kappa shape index (κ2) is 8.48. The number of nitrogens with one attached hydrogen (secondary N) is 1. The molecule has 1 amide bonds. The molecule has 1 rings (SSSR count). The molecule has 0 bridgehead atoms. The Morgan fingerprint density at radius 3 is 2.67 bits per heavy atom. The first kappa shape index (κ1) is 15.4. The Labute approximate surface area is 110 Å². The Morgan fingerprint density at radius 2 is 2.06 bits per heavy atom. The average molecular weight is 257 g/mol. The number of hydrogen-bond acceptors (Lipinski definition) is 3. The molecule has 0 atom stereocenters. The van der Waals surface area contributed by atoms with E-state index in [1.165, 1.54) is 19.3 Å². The highest BCUT2D eigenvalue weighted by atomic mass is 16.5. The summed E-state index contributed by atoms with van der Waals surface area (Å²) < 4.78 is 5.20. The van der Waals surface area contributed by atoms with Gasteiger partial charge in [-0.05, 0) is 26.2 Å². The largest absolute Gasteiger partial charge is 0.396 e. The Kier molecular flexibility index (Phi) is 7.28. The molecule has 2 N–H and O–H groups in total. The number of hydrogen-bond donors (Lipinski definition) is 2. The molecule has 4 heteroatoms. The monoisotopic (exact) mass is 257 g/mol. The number of carbonyl (C=O) groups is 1. The van der Waals surface area contributed by atoms with Crippen LogP contribution in [-0.2, 0) is 9.53 Å². The summed E-state index contributed by atoms with van der Waals surface area (Å²) >= 11 is 0. The average Bonchev–Trinajstić information content (AvgIpc) is 2.42. The quantitative estimate of drug-likeness (QED) is 0.653. The van der Waals surface area contributed by atoms with Gasteiger partial charge < -0.3 is 15.2 Å². The van der Waals surface area contributed by atoms with Crippen molar-refractivity contribution in [1.29, 1.82) is 0 Å². The van der Waals surface area contributed by atoms with E-state index in [1.807, 2.05) is 6.92 Å². The van der Waals surface area contributed by atoms with Gasteiger partial charge in [0.05, 0.1) is 6.61 Å². The highest BCUT2D eigenvalue weighted by Crippen LogP contribution is 2.35. The van der Waals surface area contributed by atoms with Crippen LogP contribution in [0.1, 0.15) is 51.9 Å². The molecule has 18 heavy (non-hydrogen) atoms. The van der Waals surface area contributed by atoms with Gasteiger partial charge in [-0.1, -0.05) is 19.3 Å². The summed E-state index contributed by atoms with van der Waals surface area (Å²) in [5, 5.41) is 12.5. The zero-order valence-electron chi connectivity index (χ0n) is 11.5. The molecule has 0 radical (unpaired) electrons. The highest BCUT2D eigenvalue weighted by Gasteiger charge is 2.31. The molecule has 0 unspecified atom stereocenters. The normalized spacial score (nSPS) is 18.6. The Balaban J connectivity index is 2.19. The van der Waals surface area contributed by atoms with Crippen molar-refractivity contribution in [2.45, 2.75) is 51.9 Å². The molecule has 1 aliphatic carbocycles. The fraction of sp³-hybridized carbons (Fsp3) is 0.929. The van der Waals surface area contributed by atoms with E-state index in [-0.39, 0.29) is 17.9 Å². The number of ether oxygens (including phenoxy) is 1. The Hall–Kier alpha value is -0.610. The molecule has 0 aromatic heterocycles. The van der Waals surface area contributed by atoms with Gasteiger partial charge in [-0.3, -0.25) is 4.79 Å². The lowest BCUT2D eigenvalue weighted by Gasteiger charge is -2.35. The van der Waals surface area contributed by atoms with Gasteiger partial charge in [-0.15, -0.1) is 0 Å². The zero-order valence-corrected chi connectivity index (χ0v) is 11.5. The maximum absolute atomic E-state index is 11.7. The third-order valence-corrected chi connectivity index (χ3v) is 3.81. The molecule has 0 aliphatic heterocycles. The lowest BCUT2D eigenvalue weighted by Crippen LogP contribution is -2.41. The van der Waals surface area contributed by atoms with E-state index in [9.17, 15) is 9.90 Å². The van der Waals surface area contributed by atoms with Crippen molar-refractivity contribution in [1.82, 2.24) is 5.32 Å². The van der Waals surface area contributed by atoms with Crippen LogP contribution in [0.3, 0.4) is 0 Å². The molecule has 0 saturated heterocycles. The summed E-state index contributed by atoms with van der Waals surface area (Å²) in [5.74, 6) is 0.0769. The SMILES string of the molecule is CCOCCCC(=O)NCC1(CO)CCCCC1. The van der Waals surface area contributed by atoms with Crippen LogP contribution in [0.5, 0.6) is 0 Å². The molecule has 106 valence electrons. The van der Waals surface area contributed by atoms with E-state index in [0.717, 1.165) is 19.3 Å². The minimum Gasteiger partial charge on any atom is -0.396 e. The Bertz CT molecular complexity index is 237. The third-order valence-electron chi connectivity index (χ3n) is 3.81. The van der Waals surface area contributed by atoms with Crippen LogP contribution in [0, 0.1) is 5.41 Å². The van der Waals surface area contributed by atoms with Crippen LogP contribution in [0.2, 0.25) is 0 Å². The number of aliphatic hydroxyl groups is 1. The van der Waals surface area contributed by atoms with E-state index < -0.39 is 0 Å². The molecule has 1 saturated carbocycles. The first-order chi connectivity index (χ1) is 8.72. The third kappa shape index (κ3) is 5.36. The van der Waals surface area contributed by atoms with E-state index >= 15 is 0 Å². The van der Waals surface area contributed by atoms with Crippen LogP contribution < -0.4 is 5.32 Å². The summed E-state index contributed by atoms with van der Waals surface area (Å²) in [6, 6.07) is 0. The second-order valence-electron chi connectivity index (χ2n) is 5.30. The number of rotatable bonds is 8. The van der Waals surface area contributed by atoms with Gasteiger partial charge in [0, 0.05) is 31.6 Å². The number of carbonyl (C=O) groups excluding carboxylic acids is 1. The summed E-state index contributed by atoms with van der Waals surface area (Å²) in [5.41, 5.74) is -0.0617. The van der Waals surface area contributed by atoms with E-state index in [2.05, 4.69) is 5.32 Å². The highest BCUT2D eigenvalue weighted by molar-refractivity contribution is 5.75. The van der Waals surface area contributed by atoms with E-state index in [1.54, 1.807) is 0 Å². The predicted octanol–water partition coefficient (Wildman–Crippen LogP) is 1.86. The van der Waals surface area contributed by atoms with Crippen molar-refractivity contribution in [2.24, 2.45) is 5.41 Å². The van der Waals surface area contributed by atoms with Crippen LogP contribution >= 0.6 is 0 Å². The molecule has 4 nitrogen and oxygen atoms in total. The van der Waals surface area contributed by atoms with Crippen LogP contribution in [0.25, 0.3) is 0 Å². The summed E-state index contributed by atoms with van der Waals surface area (Å²) in [6.45, 7) is 4.11. The van der Waals surface area contributed by atoms with Crippen molar-refractivity contribution in [3.63, 3.8) is 0 Å². The Morgan fingerprint density at radius 1 is 1.33 bits per heavy atom. The van der Waals surface area contributed by atoms with Gasteiger partial charge in [0.1, 0.15) is 0 Å². The number of amides is 1. The smallest absolute Gasteiger partial charge is 0.220 e. The van der Waals surface area contributed by atoms with E-state index in [0.29, 0.717) is 26.2 Å². The fourth-order valence-electron chi connectivity index (χ4n) is 2.55. The molecule has 0 aromatic rings. The summed E-state index contributed by atoms with van der Waals surface area (Å²) in [4.78, 5) is 11.7. The topological polar surface area (TPSA) is 58.6 Å². The summed E-state index contributed by atoms with van der Waals surface area (Å²) in [7, 11) is 0. The van der Waals surface area contributed by atoms with Crippen LogP contribution in [0.4, 0.5) is 0 Å².